The van der Waals surface area contributed by atoms with Crippen molar-refractivity contribution >= 4 is 0 Å². The van der Waals surface area contributed by atoms with Crippen molar-refractivity contribution in [3.05, 3.63) is 23.8 Å². The SMILES string of the molecule is CCC(O)(CC)COc1ccc(OC)cc1CN. The normalized spacial score (nSPS) is 11.4. The van der Waals surface area contributed by atoms with E-state index in [1.54, 1.807) is 7.11 Å². The molecule has 0 aliphatic rings. The average Bonchev–Trinajstić information content (AvgIpc) is 2.44. The van der Waals surface area contributed by atoms with E-state index in [1.807, 2.05) is 32.0 Å². The number of benzene rings is 1. The van der Waals surface area contributed by atoms with Crippen LogP contribution in [-0.2, 0) is 6.54 Å². The summed E-state index contributed by atoms with van der Waals surface area (Å²) in [7, 11) is 1.61. The molecular formula is C14H23NO3. The predicted octanol–water partition coefficient (Wildman–Crippen LogP) is 2.08. The second-order valence-corrected chi connectivity index (χ2v) is 4.40. The van der Waals surface area contributed by atoms with E-state index in [1.165, 1.54) is 0 Å². The zero-order valence-corrected chi connectivity index (χ0v) is 11.4. The van der Waals surface area contributed by atoms with E-state index in [0.29, 0.717) is 25.1 Å². The molecule has 18 heavy (non-hydrogen) atoms. The monoisotopic (exact) mass is 253 g/mol. The summed E-state index contributed by atoms with van der Waals surface area (Å²) >= 11 is 0. The number of hydrogen-bond acceptors (Lipinski definition) is 4. The van der Waals surface area contributed by atoms with Crippen LogP contribution >= 0.6 is 0 Å². The fourth-order valence-corrected chi connectivity index (χ4v) is 1.65. The van der Waals surface area contributed by atoms with Gasteiger partial charge in [0.15, 0.2) is 0 Å². The summed E-state index contributed by atoms with van der Waals surface area (Å²) < 4.78 is 10.8. The van der Waals surface area contributed by atoms with Gasteiger partial charge in [0.2, 0.25) is 0 Å². The molecule has 3 N–H and O–H groups in total. The van der Waals surface area contributed by atoms with Crippen LogP contribution in [0.2, 0.25) is 0 Å². The summed E-state index contributed by atoms with van der Waals surface area (Å²) in [5.41, 5.74) is 5.79. The van der Waals surface area contributed by atoms with Gasteiger partial charge in [-0.15, -0.1) is 0 Å². The summed E-state index contributed by atoms with van der Waals surface area (Å²) in [6, 6.07) is 5.50. The lowest BCUT2D eigenvalue weighted by atomic mass is 9.99. The van der Waals surface area contributed by atoms with Crippen LogP contribution in [-0.4, -0.2) is 24.4 Å². The Balaban J connectivity index is 2.78. The van der Waals surface area contributed by atoms with Crippen molar-refractivity contribution in [3.63, 3.8) is 0 Å². The molecule has 0 amide bonds. The van der Waals surface area contributed by atoms with Crippen LogP contribution < -0.4 is 15.2 Å². The Morgan fingerprint density at radius 2 is 1.94 bits per heavy atom. The second-order valence-electron chi connectivity index (χ2n) is 4.40. The van der Waals surface area contributed by atoms with Crippen molar-refractivity contribution in [2.75, 3.05) is 13.7 Å². The molecule has 102 valence electrons. The van der Waals surface area contributed by atoms with E-state index < -0.39 is 5.60 Å². The first-order valence-electron chi connectivity index (χ1n) is 6.30. The number of ether oxygens (including phenoxy) is 2. The Hall–Kier alpha value is -1.26. The maximum atomic E-state index is 10.2. The fraction of sp³-hybridized carbons (Fsp3) is 0.571. The molecule has 0 unspecified atom stereocenters. The van der Waals surface area contributed by atoms with Crippen LogP contribution in [0.4, 0.5) is 0 Å². The first-order valence-corrected chi connectivity index (χ1v) is 6.30. The van der Waals surface area contributed by atoms with Crippen molar-refractivity contribution in [1.29, 1.82) is 0 Å². The lowest BCUT2D eigenvalue weighted by molar-refractivity contribution is -0.0116. The van der Waals surface area contributed by atoms with Gasteiger partial charge < -0.3 is 20.3 Å². The van der Waals surface area contributed by atoms with E-state index in [4.69, 9.17) is 15.2 Å². The molecule has 1 aromatic carbocycles. The largest absolute Gasteiger partial charge is 0.497 e. The van der Waals surface area contributed by atoms with Crippen molar-refractivity contribution < 1.29 is 14.6 Å². The summed E-state index contributed by atoms with van der Waals surface area (Å²) in [5.74, 6) is 1.46. The smallest absolute Gasteiger partial charge is 0.124 e. The molecule has 0 spiro atoms. The Morgan fingerprint density at radius 1 is 1.28 bits per heavy atom. The van der Waals surface area contributed by atoms with Crippen LogP contribution in [0.5, 0.6) is 11.5 Å². The van der Waals surface area contributed by atoms with Crippen LogP contribution in [0, 0.1) is 0 Å². The molecule has 0 heterocycles. The molecule has 0 aromatic heterocycles. The van der Waals surface area contributed by atoms with Gasteiger partial charge in [0.1, 0.15) is 18.1 Å². The highest BCUT2D eigenvalue weighted by molar-refractivity contribution is 5.40. The highest BCUT2D eigenvalue weighted by Crippen LogP contribution is 2.25. The zero-order chi connectivity index (χ0) is 13.6. The zero-order valence-electron chi connectivity index (χ0n) is 11.4. The van der Waals surface area contributed by atoms with Crippen LogP contribution in [0.15, 0.2) is 18.2 Å². The van der Waals surface area contributed by atoms with Gasteiger partial charge in [-0.2, -0.15) is 0 Å². The lowest BCUT2D eigenvalue weighted by Crippen LogP contribution is -2.34. The third kappa shape index (κ3) is 3.62. The topological polar surface area (TPSA) is 64.7 Å². The van der Waals surface area contributed by atoms with Crippen molar-refractivity contribution in [2.45, 2.75) is 38.8 Å². The minimum atomic E-state index is -0.772. The minimum absolute atomic E-state index is 0.277. The third-order valence-corrected chi connectivity index (χ3v) is 3.30. The van der Waals surface area contributed by atoms with Crippen molar-refractivity contribution in [1.82, 2.24) is 0 Å². The molecule has 4 nitrogen and oxygen atoms in total. The van der Waals surface area contributed by atoms with Crippen LogP contribution in [0.25, 0.3) is 0 Å². The molecule has 0 saturated heterocycles. The molecule has 0 bridgehead atoms. The van der Waals surface area contributed by atoms with Crippen molar-refractivity contribution in [2.24, 2.45) is 5.73 Å². The van der Waals surface area contributed by atoms with Gasteiger partial charge in [0.05, 0.1) is 12.7 Å². The molecule has 0 fully saturated rings. The number of rotatable bonds is 7. The van der Waals surface area contributed by atoms with Gasteiger partial charge in [0.25, 0.3) is 0 Å². The molecule has 1 aromatic rings. The maximum absolute atomic E-state index is 10.2. The highest BCUT2D eigenvalue weighted by Gasteiger charge is 2.23. The molecule has 0 saturated carbocycles. The molecule has 4 heteroatoms. The van der Waals surface area contributed by atoms with Crippen LogP contribution in [0.1, 0.15) is 32.3 Å². The van der Waals surface area contributed by atoms with E-state index in [9.17, 15) is 5.11 Å². The van der Waals surface area contributed by atoms with Gasteiger partial charge in [-0.05, 0) is 31.0 Å². The standard InChI is InChI=1S/C14H23NO3/c1-4-14(16,5-2)10-18-13-7-6-12(17-3)8-11(13)9-15/h6-8,16H,4-5,9-10,15H2,1-3H3. The second kappa shape index (κ2) is 6.61. The Kier molecular flexibility index (Phi) is 5.44. The molecule has 1 rings (SSSR count). The number of nitrogens with two attached hydrogens (primary N) is 1. The quantitative estimate of drug-likeness (QED) is 0.781. The number of aliphatic hydroxyl groups is 1. The first-order chi connectivity index (χ1) is 8.58. The molecule has 0 radical (unpaired) electrons. The summed E-state index contributed by atoms with van der Waals surface area (Å²) in [6.45, 7) is 4.55. The third-order valence-electron chi connectivity index (χ3n) is 3.30. The molecular weight excluding hydrogens is 230 g/mol. The molecule has 0 aliphatic heterocycles. The van der Waals surface area contributed by atoms with E-state index >= 15 is 0 Å². The van der Waals surface area contributed by atoms with Gasteiger partial charge in [0, 0.05) is 12.1 Å². The predicted molar refractivity (Wildman–Crippen MR) is 71.9 cm³/mol. The Morgan fingerprint density at radius 3 is 2.44 bits per heavy atom. The van der Waals surface area contributed by atoms with Gasteiger partial charge in [-0.1, -0.05) is 13.8 Å². The molecule has 0 aliphatic carbocycles. The van der Waals surface area contributed by atoms with Gasteiger partial charge in [-0.25, -0.2) is 0 Å². The maximum Gasteiger partial charge on any atom is 0.124 e. The Bertz CT molecular complexity index is 375. The van der Waals surface area contributed by atoms with Crippen LogP contribution in [0.3, 0.4) is 0 Å². The van der Waals surface area contributed by atoms with E-state index in [-0.39, 0.29) is 6.61 Å². The Labute approximate surface area is 109 Å². The summed E-state index contributed by atoms with van der Waals surface area (Å²) in [4.78, 5) is 0. The summed E-state index contributed by atoms with van der Waals surface area (Å²) in [6.07, 6.45) is 1.33. The van der Waals surface area contributed by atoms with Gasteiger partial charge >= 0.3 is 0 Å². The lowest BCUT2D eigenvalue weighted by Gasteiger charge is -2.25. The summed E-state index contributed by atoms with van der Waals surface area (Å²) in [5, 5.41) is 10.2. The van der Waals surface area contributed by atoms with E-state index in [2.05, 4.69) is 0 Å². The minimum Gasteiger partial charge on any atom is -0.497 e. The molecule has 0 atom stereocenters. The number of methoxy groups -OCH3 is 1. The fourth-order valence-electron chi connectivity index (χ4n) is 1.65. The van der Waals surface area contributed by atoms with E-state index in [0.717, 1.165) is 11.3 Å². The number of hydrogen-bond donors (Lipinski definition) is 2. The highest BCUT2D eigenvalue weighted by atomic mass is 16.5. The average molecular weight is 253 g/mol. The van der Waals surface area contributed by atoms with Crippen molar-refractivity contribution in [3.8, 4) is 11.5 Å². The first kappa shape index (κ1) is 14.8. The van der Waals surface area contributed by atoms with Gasteiger partial charge in [-0.3, -0.25) is 0 Å².